The highest BCUT2D eigenvalue weighted by Gasteiger charge is 1.99. The van der Waals surface area contributed by atoms with E-state index in [1.807, 2.05) is 25.2 Å². The van der Waals surface area contributed by atoms with Gasteiger partial charge >= 0.3 is 0 Å². The van der Waals surface area contributed by atoms with Crippen LogP contribution in [-0.4, -0.2) is 12.2 Å². The van der Waals surface area contributed by atoms with Crippen LogP contribution in [0.15, 0.2) is 41.1 Å². The number of anilines is 1. The summed E-state index contributed by atoms with van der Waals surface area (Å²) in [5.74, 6) is 0.887. The first-order chi connectivity index (χ1) is 6.88. The Morgan fingerprint density at radius 1 is 1.36 bits per heavy atom. The summed E-state index contributed by atoms with van der Waals surface area (Å²) in [6, 6.07) is 10.1. The number of hydrogen-bond acceptors (Lipinski definition) is 3. The predicted octanol–water partition coefficient (Wildman–Crippen LogP) is 2.31. The van der Waals surface area contributed by atoms with Gasteiger partial charge < -0.3 is 9.84 Å². The lowest BCUT2D eigenvalue weighted by Gasteiger charge is -2.02. The third-order valence-corrected chi connectivity index (χ3v) is 2.09. The van der Waals surface area contributed by atoms with Crippen molar-refractivity contribution in [1.29, 1.82) is 0 Å². The molecule has 0 fully saturated rings. The molecule has 0 saturated heterocycles. The summed E-state index contributed by atoms with van der Waals surface area (Å²) in [6.07, 6.45) is 2.45. The molecule has 0 aliphatic carbocycles. The Balaban J connectivity index is 2.17. The van der Waals surface area contributed by atoms with E-state index in [0.29, 0.717) is 0 Å². The molecule has 1 heterocycles. The summed E-state index contributed by atoms with van der Waals surface area (Å²) in [6.45, 7) is 0. The minimum absolute atomic E-state index is 0.787. The van der Waals surface area contributed by atoms with E-state index >= 15 is 0 Å². The smallest absolute Gasteiger partial charge is 0.141 e. The van der Waals surface area contributed by atoms with Crippen LogP contribution in [0.25, 0.3) is 0 Å². The van der Waals surface area contributed by atoms with Crippen molar-refractivity contribution >= 4 is 5.69 Å². The fourth-order valence-electron chi connectivity index (χ4n) is 1.37. The molecule has 3 heteroatoms. The summed E-state index contributed by atoms with van der Waals surface area (Å²) in [7, 11) is 1.91. The zero-order valence-electron chi connectivity index (χ0n) is 8.03. The molecule has 2 aromatic rings. The van der Waals surface area contributed by atoms with E-state index in [-0.39, 0.29) is 0 Å². The van der Waals surface area contributed by atoms with Crippen molar-refractivity contribution in [2.24, 2.45) is 0 Å². The standard InChI is InChI=1S/C11H12N2O/c1-12-10-4-2-3-9(7-10)8-11-5-6-13-14-11/h2-7,12H,8H2,1H3. The number of nitrogens with zero attached hydrogens (tertiary/aromatic N) is 1. The Bertz CT molecular complexity index is 395. The molecule has 2 rings (SSSR count). The van der Waals surface area contributed by atoms with Crippen molar-refractivity contribution in [2.45, 2.75) is 6.42 Å². The van der Waals surface area contributed by atoms with E-state index < -0.39 is 0 Å². The fraction of sp³-hybridized carbons (Fsp3) is 0.182. The van der Waals surface area contributed by atoms with Crippen molar-refractivity contribution in [3.8, 4) is 0 Å². The minimum atomic E-state index is 0.787. The number of nitrogens with one attached hydrogen (secondary N) is 1. The van der Waals surface area contributed by atoms with Crippen molar-refractivity contribution in [3.63, 3.8) is 0 Å². The molecule has 0 saturated carbocycles. The summed E-state index contributed by atoms with van der Waals surface area (Å²) < 4.78 is 5.04. The van der Waals surface area contributed by atoms with Gasteiger partial charge in [-0.3, -0.25) is 0 Å². The van der Waals surface area contributed by atoms with E-state index in [1.54, 1.807) is 6.20 Å². The van der Waals surface area contributed by atoms with Crippen molar-refractivity contribution in [1.82, 2.24) is 5.16 Å². The molecule has 0 aliphatic rings. The Hall–Kier alpha value is -1.77. The second-order valence-corrected chi connectivity index (χ2v) is 3.11. The van der Waals surface area contributed by atoms with Crippen LogP contribution >= 0.6 is 0 Å². The molecule has 1 aromatic heterocycles. The fourth-order valence-corrected chi connectivity index (χ4v) is 1.37. The molecule has 72 valence electrons. The third-order valence-electron chi connectivity index (χ3n) is 2.09. The molecule has 3 nitrogen and oxygen atoms in total. The predicted molar refractivity (Wildman–Crippen MR) is 55.3 cm³/mol. The van der Waals surface area contributed by atoms with Gasteiger partial charge in [0.15, 0.2) is 0 Å². The van der Waals surface area contributed by atoms with Gasteiger partial charge in [0.2, 0.25) is 0 Å². The first-order valence-electron chi connectivity index (χ1n) is 4.55. The molecule has 1 aromatic carbocycles. The van der Waals surface area contributed by atoms with Gasteiger partial charge in [-0.1, -0.05) is 17.3 Å². The maximum Gasteiger partial charge on any atom is 0.141 e. The molecule has 0 spiro atoms. The maximum atomic E-state index is 5.04. The average Bonchev–Trinajstić information content (AvgIpc) is 2.71. The zero-order chi connectivity index (χ0) is 9.80. The van der Waals surface area contributed by atoms with Crippen LogP contribution in [0.2, 0.25) is 0 Å². The highest BCUT2D eigenvalue weighted by atomic mass is 16.5. The van der Waals surface area contributed by atoms with Gasteiger partial charge in [-0.2, -0.15) is 0 Å². The van der Waals surface area contributed by atoms with Gasteiger partial charge in [-0.05, 0) is 17.7 Å². The Labute approximate surface area is 82.7 Å². The average molecular weight is 188 g/mol. The molecular weight excluding hydrogens is 176 g/mol. The molecular formula is C11H12N2O. The van der Waals surface area contributed by atoms with Gasteiger partial charge in [-0.25, -0.2) is 0 Å². The summed E-state index contributed by atoms with van der Waals surface area (Å²) in [5.41, 5.74) is 2.33. The summed E-state index contributed by atoms with van der Waals surface area (Å²) in [4.78, 5) is 0. The Morgan fingerprint density at radius 2 is 2.29 bits per heavy atom. The summed E-state index contributed by atoms with van der Waals surface area (Å²) >= 11 is 0. The van der Waals surface area contributed by atoms with Crippen LogP contribution in [-0.2, 0) is 6.42 Å². The molecule has 0 aliphatic heterocycles. The van der Waals surface area contributed by atoms with Crippen LogP contribution in [0.3, 0.4) is 0 Å². The lowest BCUT2D eigenvalue weighted by molar-refractivity contribution is 0.389. The number of rotatable bonds is 3. The maximum absolute atomic E-state index is 5.04. The second-order valence-electron chi connectivity index (χ2n) is 3.11. The van der Waals surface area contributed by atoms with E-state index in [9.17, 15) is 0 Å². The molecule has 0 radical (unpaired) electrons. The van der Waals surface area contributed by atoms with Gasteiger partial charge in [0.1, 0.15) is 5.76 Å². The third kappa shape index (κ3) is 1.93. The lowest BCUT2D eigenvalue weighted by atomic mass is 10.1. The number of benzene rings is 1. The van der Waals surface area contributed by atoms with E-state index in [0.717, 1.165) is 17.9 Å². The first-order valence-corrected chi connectivity index (χ1v) is 4.55. The quantitative estimate of drug-likeness (QED) is 0.803. The first kappa shape index (κ1) is 8.81. The Morgan fingerprint density at radius 3 is 3.00 bits per heavy atom. The van der Waals surface area contributed by atoms with E-state index in [1.165, 1.54) is 5.56 Å². The van der Waals surface area contributed by atoms with Crippen LogP contribution in [0.4, 0.5) is 5.69 Å². The molecule has 1 N–H and O–H groups in total. The van der Waals surface area contributed by atoms with E-state index in [2.05, 4.69) is 22.6 Å². The zero-order valence-corrected chi connectivity index (χ0v) is 8.03. The number of hydrogen-bond donors (Lipinski definition) is 1. The van der Waals surface area contributed by atoms with Gasteiger partial charge in [0.25, 0.3) is 0 Å². The van der Waals surface area contributed by atoms with Crippen molar-refractivity contribution in [3.05, 3.63) is 47.9 Å². The molecule has 0 amide bonds. The van der Waals surface area contributed by atoms with Crippen LogP contribution in [0, 0.1) is 0 Å². The van der Waals surface area contributed by atoms with Crippen molar-refractivity contribution < 1.29 is 4.52 Å². The van der Waals surface area contributed by atoms with E-state index in [4.69, 9.17) is 4.52 Å². The van der Waals surface area contributed by atoms with Crippen LogP contribution in [0.5, 0.6) is 0 Å². The van der Waals surface area contributed by atoms with Gasteiger partial charge in [-0.15, -0.1) is 0 Å². The second kappa shape index (κ2) is 3.96. The highest BCUT2D eigenvalue weighted by molar-refractivity contribution is 5.45. The topological polar surface area (TPSA) is 38.1 Å². The SMILES string of the molecule is CNc1cccc(Cc2ccno2)c1. The lowest BCUT2D eigenvalue weighted by Crippen LogP contribution is -1.90. The van der Waals surface area contributed by atoms with Gasteiger partial charge in [0, 0.05) is 25.2 Å². The van der Waals surface area contributed by atoms with Crippen LogP contribution in [0.1, 0.15) is 11.3 Å². The van der Waals surface area contributed by atoms with Gasteiger partial charge in [0.05, 0.1) is 6.20 Å². The summed E-state index contributed by atoms with van der Waals surface area (Å²) in [5, 5.41) is 6.77. The number of aromatic nitrogens is 1. The monoisotopic (exact) mass is 188 g/mol. The minimum Gasteiger partial charge on any atom is -0.388 e. The molecule has 0 unspecified atom stereocenters. The normalized spacial score (nSPS) is 10.1. The molecule has 14 heavy (non-hydrogen) atoms. The molecule has 0 atom stereocenters. The van der Waals surface area contributed by atoms with Crippen molar-refractivity contribution in [2.75, 3.05) is 12.4 Å². The Kier molecular flexibility index (Phi) is 2.49. The highest BCUT2D eigenvalue weighted by Crippen LogP contribution is 2.13. The van der Waals surface area contributed by atoms with Crippen LogP contribution < -0.4 is 5.32 Å². The largest absolute Gasteiger partial charge is 0.388 e. The molecule has 0 bridgehead atoms.